The predicted octanol–water partition coefficient (Wildman–Crippen LogP) is 5.43. The van der Waals surface area contributed by atoms with Gasteiger partial charge < -0.3 is 14.2 Å². The summed E-state index contributed by atoms with van der Waals surface area (Å²) >= 11 is 0. The van der Waals surface area contributed by atoms with Crippen LogP contribution in [0.1, 0.15) is 55.1 Å². The fraction of sp³-hybridized carbons (Fsp3) is 0.400. The molecule has 2 aromatic rings. The average molecular weight is 470 g/mol. The summed E-state index contributed by atoms with van der Waals surface area (Å²) in [6.07, 6.45) is 0.129. The second-order valence-electron chi connectivity index (χ2n) is 8.03. The van der Waals surface area contributed by atoms with Crippen LogP contribution in [0.2, 0.25) is 0 Å². The van der Waals surface area contributed by atoms with E-state index in [-0.39, 0.29) is 6.61 Å². The van der Waals surface area contributed by atoms with Crippen molar-refractivity contribution in [1.29, 1.82) is 0 Å². The van der Waals surface area contributed by atoms with Crippen molar-refractivity contribution in [3.05, 3.63) is 65.2 Å². The van der Waals surface area contributed by atoms with E-state index in [2.05, 4.69) is 24.2 Å². The molecule has 2 aromatic carbocycles. The average Bonchev–Trinajstić information content (AvgIpc) is 2.82. The first kappa shape index (κ1) is 26.5. The Morgan fingerprint density at radius 2 is 1.56 bits per heavy atom. The first-order valence-electron chi connectivity index (χ1n) is 11.1. The van der Waals surface area contributed by atoms with E-state index in [4.69, 9.17) is 14.2 Å². The number of hydrogen-bond acceptors (Lipinski definition) is 8. The van der Waals surface area contributed by atoms with Crippen molar-refractivity contribution in [2.45, 2.75) is 40.0 Å². The highest BCUT2D eigenvalue weighted by Gasteiger charge is 2.18. The molecule has 1 amide bonds. The van der Waals surface area contributed by atoms with Crippen molar-refractivity contribution >= 4 is 23.7 Å². The fourth-order valence-corrected chi connectivity index (χ4v) is 2.94. The molecule has 0 aromatic heterocycles. The maximum absolute atomic E-state index is 12.3. The number of hydrogen-bond donors (Lipinski definition) is 0. The molecule has 0 bridgehead atoms. The predicted molar refractivity (Wildman–Crippen MR) is 126 cm³/mol. The van der Waals surface area contributed by atoms with Crippen LogP contribution in [-0.2, 0) is 25.4 Å². The minimum atomic E-state index is -0.842. The summed E-state index contributed by atoms with van der Waals surface area (Å²) in [7, 11) is 1.35. The molecule has 1 unspecified atom stereocenters. The monoisotopic (exact) mass is 469 g/mol. The number of amides is 1. The van der Waals surface area contributed by atoms with Gasteiger partial charge in [0.1, 0.15) is 0 Å². The zero-order valence-electron chi connectivity index (χ0n) is 20.2. The maximum atomic E-state index is 12.3. The van der Waals surface area contributed by atoms with Gasteiger partial charge in [-0.15, -0.1) is 5.11 Å². The molecule has 0 saturated carbocycles. The Labute approximate surface area is 199 Å². The van der Waals surface area contributed by atoms with Crippen molar-refractivity contribution in [3.63, 3.8) is 0 Å². The van der Waals surface area contributed by atoms with E-state index in [0.29, 0.717) is 17.2 Å². The van der Waals surface area contributed by atoms with Crippen LogP contribution in [0.25, 0.3) is 0 Å². The third kappa shape index (κ3) is 8.31. The van der Waals surface area contributed by atoms with E-state index in [1.165, 1.54) is 12.6 Å². The Bertz CT molecular complexity index is 987. The molecular formula is C25H31N3O6. The topological polar surface area (TPSA) is 107 Å². The number of benzene rings is 2. The van der Waals surface area contributed by atoms with Gasteiger partial charge in [-0.1, -0.05) is 43.3 Å². The molecule has 0 spiro atoms. The molecule has 0 aliphatic carbocycles. The highest BCUT2D eigenvalue weighted by Crippen LogP contribution is 2.19. The summed E-state index contributed by atoms with van der Waals surface area (Å²) in [6.45, 7) is 7.50. The molecule has 0 aliphatic rings. The third-order valence-electron chi connectivity index (χ3n) is 4.80. The van der Waals surface area contributed by atoms with Crippen molar-refractivity contribution in [2.75, 3.05) is 20.4 Å². The van der Waals surface area contributed by atoms with Crippen LogP contribution in [0, 0.1) is 5.92 Å². The van der Waals surface area contributed by atoms with Crippen LogP contribution >= 0.6 is 0 Å². The van der Waals surface area contributed by atoms with Crippen molar-refractivity contribution in [2.24, 2.45) is 16.3 Å². The molecule has 0 aliphatic heterocycles. The van der Waals surface area contributed by atoms with E-state index in [1.54, 1.807) is 38.1 Å². The minimum absolute atomic E-state index is 0.285. The normalized spacial score (nSPS) is 11.8. The summed E-state index contributed by atoms with van der Waals surface area (Å²) in [5, 5.41) is 8.51. The zero-order valence-corrected chi connectivity index (χ0v) is 20.2. The van der Waals surface area contributed by atoms with Gasteiger partial charge in [0.05, 0.1) is 23.8 Å². The van der Waals surface area contributed by atoms with Gasteiger partial charge in [-0.3, -0.25) is 4.79 Å². The largest absolute Gasteiger partial charge is 0.462 e. The Morgan fingerprint density at radius 3 is 2.15 bits per heavy atom. The van der Waals surface area contributed by atoms with Crippen molar-refractivity contribution in [3.8, 4) is 0 Å². The van der Waals surface area contributed by atoms with E-state index < -0.39 is 30.7 Å². The molecule has 0 radical (unpaired) electrons. The van der Waals surface area contributed by atoms with Crippen LogP contribution in [-0.4, -0.2) is 43.5 Å². The number of ether oxygens (including phenoxy) is 3. The van der Waals surface area contributed by atoms with Gasteiger partial charge in [-0.25, -0.2) is 9.59 Å². The van der Waals surface area contributed by atoms with Crippen molar-refractivity contribution < 1.29 is 28.6 Å². The molecule has 9 heteroatoms. The van der Waals surface area contributed by atoms with Crippen LogP contribution in [0.15, 0.2) is 58.9 Å². The fourth-order valence-electron chi connectivity index (χ4n) is 2.94. The number of carbonyl (C=O) groups excluding carboxylic acids is 3. The summed E-state index contributed by atoms with van der Waals surface area (Å²) in [6, 6.07) is 14.0. The number of rotatable bonds is 10. The summed E-state index contributed by atoms with van der Waals surface area (Å²) < 4.78 is 14.9. The van der Waals surface area contributed by atoms with Gasteiger partial charge >= 0.3 is 18.0 Å². The van der Waals surface area contributed by atoms with Gasteiger partial charge in [0, 0.05) is 7.05 Å². The van der Waals surface area contributed by atoms with Crippen molar-refractivity contribution in [1.82, 2.24) is 5.01 Å². The first-order chi connectivity index (χ1) is 16.2. The van der Waals surface area contributed by atoms with Crippen LogP contribution in [0.3, 0.4) is 0 Å². The first-order valence-corrected chi connectivity index (χ1v) is 11.1. The van der Waals surface area contributed by atoms with Gasteiger partial charge in [-0.05, 0) is 61.6 Å². The molecule has 34 heavy (non-hydrogen) atoms. The zero-order chi connectivity index (χ0) is 25.1. The lowest BCUT2D eigenvalue weighted by Crippen LogP contribution is -2.24. The SMILES string of the molecule is CCOC(=O)c1ccc(N=NN(C)C(=O)OCOC(=O)C(C)c2ccc(CC(C)C)cc2)cc1. The van der Waals surface area contributed by atoms with Crippen LogP contribution in [0.4, 0.5) is 10.5 Å². The molecule has 0 saturated heterocycles. The molecule has 0 fully saturated rings. The van der Waals surface area contributed by atoms with E-state index >= 15 is 0 Å². The minimum Gasteiger partial charge on any atom is -0.462 e. The second kappa shape index (κ2) is 13.1. The smallest absolute Gasteiger partial charge is 0.434 e. The molecule has 0 heterocycles. The van der Waals surface area contributed by atoms with Gasteiger partial charge in [0.15, 0.2) is 0 Å². The molecule has 0 N–H and O–H groups in total. The Kier molecular flexibility index (Phi) is 10.2. The van der Waals surface area contributed by atoms with Crippen LogP contribution < -0.4 is 0 Å². The standard InChI is InChI=1S/C25H31N3O6/c1-6-32-24(30)21-11-13-22(14-12-21)26-27-28(5)25(31)34-16-33-23(29)18(4)20-9-7-19(8-10-20)15-17(2)3/h7-14,17-18H,6,15-16H2,1-5H3. The summed E-state index contributed by atoms with van der Waals surface area (Å²) in [5.41, 5.74) is 2.84. The maximum Gasteiger partial charge on any atom is 0.434 e. The van der Waals surface area contributed by atoms with E-state index in [1.807, 2.05) is 24.3 Å². The Morgan fingerprint density at radius 1 is 0.912 bits per heavy atom. The number of nitrogens with zero attached hydrogens (tertiary/aromatic N) is 3. The highest BCUT2D eigenvalue weighted by molar-refractivity contribution is 5.89. The molecule has 182 valence electrons. The highest BCUT2D eigenvalue weighted by atomic mass is 16.7. The molecule has 1 atom stereocenters. The summed E-state index contributed by atoms with van der Waals surface area (Å²) in [4.78, 5) is 36.0. The summed E-state index contributed by atoms with van der Waals surface area (Å²) in [5.74, 6) is -0.881. The van der Waals surface area contributed by atoms with Gasteiger partial charge in [0.25, 0.3) is 0 Å². The van der Waals surface area contributed by atoms with Crippen LogP contribution in [0.5, 0.6) is 0 Å². The lowest BCUT2D eigenvalue weighted by molar-refractivity contribution is -0.153. The quantitative estimate of drug-likeness (QED) is 0.199. The lowest BCUT2D eigenvalue weighted by Gasteiger charge is -2.14. The number of carbonyl (C=O) groups is 3. The lowest BCUT2D eigenvalue weighted by atomic mass is 9.97. The second-order valence-corrected chi connectivity index (χ2v) is 8.03. The Balaban J connectivity index is 1.79. The Hall–Kier alpha value is -3.75. The van der Waals surface area contributed by atoms with E-state index in [9.17, 15) is 14.4 Å². The molecular weight excluding hydrogens is 438 g/mol. The third-order valence-corrected chi connectivity index (χ3v) is 4.80. The molecule has 9 nitrogen and oxygen atoms in total. The molecule has 2 rings (SSSR count). The van der Waals surface area contributed by atoms with Gasteiger partial charge in [-0.2, -0.15) is 5.01 Å². The van der Waals surface area contributed by atoms with Gasteiger partial charge in [0.2, 0.25) is 6.79 Å². The van der Waals surface area contributed by atoms with E-state index in [0.717, 1.165) is 17.0 Å². The number of esters is 2.